The van der Waals surface area contributed by atoms with E-state index in [2.05, 4.69) is 33.5 Å². The average molecular weight is 263 g/mol. The maximum absolute atomic E-state index is 5.99. The van der Waals surface area contributed by atoms with E-state index in [9.17, 15) is 0 Å². The zero-order valence-electron chi connectivity index (χ0n) is 12.0. The molecule has 2 atom stereocenters. The van der Waals surface area contributed by atoms with Gasteiger partial charge >= 0.3 is 0 Å². The lowest BCUT2D eigenvalue weighted by atomic mass is 10.1. The largest absolute Gasteiger partial charge is 0.327 e. The van der Waals surface area contributed by atoms with E-state index in [4.69, 9.17) is 5.73 Å². The lowest BCUT2D eigenvalue weighted by Crippen LogP contribution is -2.38. The van der Waals surface area contributed by atoms with Crippen LogP contribution in [0.5, 0.6) is 0 Å². The summed E-state index contributed by atoms with van der Waals surface area (Å²) in [6, 6.07) is 1.54. The zero-order valence-corrected chi connectivity index (χ0v) is 12.0. The number of nitrogens with zero attached hydrogens (tertiary/aromatic N) is 4. The number of nitrogens with two attached hydrogens (primary N) is 1. The summed E-state index contributed by atoms with van der Waals surface area (Å²) >= 11 is 0. The predicted molar refractivity (Wildman–Crippen MR) is 74.9 cm³/mol. The molecule has 0 aliphatic carbocycles. The Morgan fingerprint density at radius 1 is 1.26 bits per heavy atom. The molecule has 0 amide bonds. The Labute approximate surface area is 115 Å². The molecule has 5 heteroatoms. The van der Waals surface area contributed by atoms with E-state index < -0.39 is 0 Å². The molecule has 2 unspecified atom stereocenters. The highest BCUT2D eigenvalue weighted by molar-refractivity contribution is 5.04. The van der Waals surface area contributed by atoms with Crippen LogP contribution in [-0.2, 0) is 19.4 Å². The summed E-state index contributed by atoms with van der Waals surface area (Å²) in [7, 11) is 0. The molecule has 1 fully saturated rings. The minimum atomic E-state index is 0.267. The number of hydrogen-bond donors (Lipinski definition) is 1. The van der Waals surface area contributed by atoms with Gasteiger partial charge < -0.3 is 10.3 Å². The molecule has 106 valence electrons. The molecule has 1 saturated heterocycles. The predicted octanol–water partition coefficient (Wildman–Crippen LogP) is 0.967. The number of rotatable bonds is 3. The van der Waals surface area contributed by atoms with Crippen LogP contribution in [0.25, 0.3) is 0 Å². The van der Waals surface area contributed by atoms with Crippen LogP contribution in [0.1, 0.15) is 44.8 Å². The molecule has 2 aliphatic heterocycles. The van der Waals surface area contributed by atoms with Crippen molar-refractivity contribution >= 4 is 0 Å². The number of likely N-dealkylation sites (tertiary alicyclic amines) is 1. The standard InChI is InChI=1S/C14H25N5/c1-10(2)18-6-3-4-12(18)9-14-17-16-13-8-11(15)5-7-19(13)14/h10-12H,3-9,15H2,1-2H3. The first-order valence-electron chi connectivity index (χ1n) is 7.57. The molecule has 0 radical (unpaired) electrons. The van der Waals surface area contributed by atoms with Crippen molar-refractivity contribution in [2.24, 2.45) is 5.73 Å². The van der Waals surface area contributed by atoms with Gasteiger partial charge in [0.1, 0.15) is 11.6 Å². The van der Waals surface area contributed by atoms with E-state index >= 15 is 0 Å². The van der Waals surface area contributed by atoms with Gasteiger partial charge in [0.05, 0.1) is 0 Å². The van der Waals surface area contributed by atoms with Gasteiger partial charge in [-0.2, -0.15) is 0 Å². The minimum Gasteiger partial charge on any atom is -0.327 e. The van der Waals surface area contributed by atoms with E-state index in [-0.39, 0.29) is 6.04 Å². The zero-order chi connectivity index (χ0) is 13.4. The molecule has 3 rings (SSSR count). The average Bonchev–Trinajstić information content (AvgIpc) is 2.97. The van der Waals surface area contributed by atoms with E-state index in [0.29, 0.717) is 12.1 Å². The second-order valence-electron chi connectivity index (χ2n) is 6.27. The molecule has 19 heavy (non-hydrogen) atoms. The molecule has 2 N–H and O–H groups in total. The number of fused-ring (bicyclic) bond motifs is 1. The summed E-state index contributed by atoms with van der Waals surface area (Å²) < 4.78 is 2.31. The van der Waals surface area contributed by atoms with Gasteiger partial charge in [0.25, 0.3) is 0 Å². The Hall–Kier alpha value is -0.940. The fraction of sp³-hybridized carbons (Fsp3) is 0.857. The maximum atomic E-state index is 5.99. The Morgan fingerprint density at radius 2 is 2.11 bits per heavy atom. The fourth-order valence-electron chi connectivity index (χ4n) is 3.53. The number of aromatic nitrogens is 3. The van der Waals surface area contributed by atoms with E-state index in [0.717, 1.165) is 31.6 Å². The summed E-state index contributed by atoms with van der Waals surface area (Å²) in [6.45, 7) is 6.80. The highest BCUT2D eigenvalue weighted by Gasteiger charge is 2.29. The molecule has 1 aromatic heterocycles. The molecule has 0 bridgehead atoms. The van der Waals surface area contributed by atoms with E-state index in [1.165, 1.54) is 25.2 Å². The molecule has 5 nitrogen and oxygen atoms in total. The van der Waals surface area contributed by atoms with Crippen molar-refractivity contribution in [1.29, 1.82) is 0 Å². The van der Waals surface area contributed by atoms with Crippen molar-refractivity contribution in [2.45, 2.75) is 70.6 Å². The van der Waals surface area contributed by atoms with Crippen LogP contribution in [0.2, 0.25) is 0 Å². The quantitative estimate of drug-likeness (QED) is 0.882. The lowest BCUT2D eigenvalue weighted by molar-refractivity contribution is 0.199. The van der Waals surface area contributed by atoms with Gasteiger partial charge in [-0.25, -0.2) is 0 Å². The topological polar surface area (TPSA) is 60.0 Å². The second kappa shape index (κ2) is 5.21. The van der Waals surface area contributed by atoms with Gasteiger partial charge in [-0.3, -0.25) is 4.90 Å². The van der Waals surface area contributed by atoms with Crippen molar-refractivity contribution in [3.63, 3.8) is 0 Å². The summed E-state index contributed by atoms with van der Waals surface area (Å²) in [5.74, 6) is 2.25. The van der Waals surface area contributed by atoms with Crippen LogP contribution in [0.15, 0.2) is 0 Å². The van der Waals surface area contributed by atoms with Gasteiger partial charge in [0, 0.05) is 37.5 Å². The van der Waals surface area contributed by atoms with E-state index in [1.54, 1.807) is 0 Å². The van der Waals surface area contributed by atoms with Crippen molar-refractivity contribution in [2.75, 3.05) is 6.54 Å². The van der Waals surface area contributed by atoms with Crippen LogP contribution in [0.3, 0.4) is 0 Å². The summed E-state index contributed by atoms with van der Waals surface area (Å²) in [4.78, 5) is 2.61. The third kappa shape index (κ3) is 2.54. The third-order valence-corrected chi connectivity index (χ3v) is 4.58. The van der Waals surface area contributed by atoms with Crippen molar-refractivity contribution in [3.8, 4) is 0 Å². The van der Waals surface area contributed by atoms with Gasteiger partial charge in [-0.1, -0.05) is 0 Å². The van der Waals surface area contributed by atoms with Crippen molar-refractivity contribution in [3.05, 3.63) is 11.6 Å². The van der Waals surface area contributed by atoms with Gasteiger partial charge in [-0.05, 0) is 39.7 Å². The fourth-order valence-corrected chi connectivity index (χ4v) is 3.53. The molecule has 0 spiro atoms. The van der Waals surface area contributed by atoms with Crippen LogP contribution in [0.4, 0.5) is 0 Å². The molecule has 3 heterocycles. The first kappa shape index (κ1) is 13.1. The van der Waals surface area contributed by atoms with Crippen LogP contribution < -0.4 is 5.73 Å². The normalized spacial score (nSPS) is 28.0. The molecular weight excluding hydrogens is 238 g/mol. The first-order valence-corrected chi connectivity index (χ1v) is 7.57. The lowest BCUT2D eigenvalue weighted by Gasteiger charge is -2.28. The molecule has 0 aromatic carbocycles. The Balaban J connectivity index is 1.74. The molecule has 1 aromatic rings. The minimum absolute atomic E-state index is 0.267. The van der Waals surface area contributed by atoms with Crippen LogP contribution in [0, 0.1) is 0 Å². The Kier molecular flexibility index (Phi) is 3.58. The molecule has 0 saturated carbocycles. The Morgan fingerprint density at radius 3 is 2.89 bits per heavy atom. The van der Waals surface area contributed by atoms with Crippen LogP contribution >= 0.6 is 0 Å². The monoisotopic (exact) mass is 263 g/mol. The van der Waals surface area contributed by atoms with E-state index in [1.807, 2.05) is 0 Å². The van der Waals surface area contributed by atoms with Crippen molar-refractivity contribution in [1.82, 2.24) is 19.7 Å². The SMILES string of the molecule is CC(C)N1CCCC1Cc1nnc2n1CCC(N)C2. The number of hydrogen-bond acceptors (Lipinski definition) is 4. The summed E-state index contributed by atoms with van der Waals surface area (Å²) in [6.07, 6.45) is 5.58. The summed E-state index contributed by atoms with van der Waals surface area (Å²) in [5.41, 5.74) is 5.99. The molecule has 2 aliphatic rings. The summed E-state index contributed by atoms with van der Waals surface area (Å²) in [5, 5.41) is 8.75. The van der Waals surface area contributed by atoms with Gasteiger partial charge in [0.15, 0.2) is 0 Å². The second-order valence-corrected chi connectivity index (χ2v) is 6.27. The Bertz CT molecular complexity index is 439. The highest BCUT2D eigenvalue weighted by Crippen LogP contribution is 2.24. The van der Waals surface area contributed by atoms with Crippen molar-refractivity contribution < 1.29 is 0 Å². The highest BCUT2D eigenvalue weighted by atomic mass is 15.3. The molecular formula is C14H25N5. The van der Waals surface area contributed by atoms with Crippen LogP contribution in [-0.4, -0.2) is 44.3 Å². The maximum Gasteiger partial charge on any atom is 0.134 e. The smallest absolute Gasteiger partial charge is 0.134 e. The third-order valence-electron chi connectivity index (χ3n) is 4.58. The first-order chi connectivity index (χ1) is 9.15. The van der Waals surface area contributed by atoms with Gasteiger partial charge in [-0.15, -0.1) is 10.2 Å². The van der Waals surface area contributed by atoms with Gasteiger partial charge in [0.2, 0.25) is 0 Å².